The van der Waals surface area contributed by atoms with Crippen molar-refractivity contribution in [3.63, 3.8) is 0 Å². The van der Waals surface area contributed by atoms with Gasteiger partial charge in [0.1, 0.15) is 5.84 Å². The van der Waals surface area contributed by atoms with E-state index in [1.807, 2.05) is 30.3 Å². The predicted molar refractivity (Wildman–Crippen MR) is 84.3 cm³/mol. The Morgan fingerprint density at radius 2 is 1.90 bits per heavy atom. The van der Waals surface area contributed by atoms with E-state index in [9.17, 15) is 0 Å². The summed E-state index contributed by atoms with van der Waals surface area (Å²) in [6.45, 7) is 0.915. The lowest BCUT2D eigenvalue weighted by Crippen LogP contribution is -2.27. The second-order valence-electron chi connectivity index (χ2n) is 4.92. The fourth-order valence-corrected chi connectivity index (χ4v) is 3.06. The standard InChI is InChI=1S/C16H13BrN2O/c17-11-7-8-15-13(10-11)19(16-6-3-9-18-16)12-4-1-2-5-14(12)20-15/h1-2,4-5,7-8,10H,3,6,9H2. The van der Waals surface area contributed by atoms with Crippen LogP contribution in [0.4, 0.5) is 11.4 Å². The van der Waals surface area contributed by atoms with Gasteiger partial charge in [0.05, 0.1) is 11.4 Å². The van der Waals surface area contributed by atoms with Crippen molar-refractivity contribution in [1.29, 1.82) is 0 Å². The van der Waals surface area contributed by atoms with Gasteiger partial charge >= 0.3 is 0 Å². The average molecular weight is 329 g/mol. The van der Waals surface area contributed by atoms with Crippen molar-refractivity contribution >= 4 is 33.1 Å². The molecular weight excluding hydrogens is 316 g/mol. The Balaban J connectivity index is 1.93. The van der Waals surface area contributed by atoms with Crippen LogP contribution in [-0.4, -0.2) is 12.4 Å². The maximum Gasteiger partial charge on any atom is 0.151 e. The van der Waals surface area contributed by atoms with Gasteiger partial charge in [0.25, 0.3) is 0 Å². The summed E-state index contributed by atoms with van der Waals surface area (Å²) in [5, 5.41) is 0. The van der Waals surface area contributed by atoms with Crippen molar-refractivity contribution in [2.24, 2.45) is 4.99 Å². The topological polar surface area (TPSA) is 24.8 Å². The van der Waals surface area contributed by atoms with Crippen LogP contribution in [0.3, 0.4) is 0 Å². The normalized spacial score (nSPS) is 16.2. The highest BCUT2D eigenvalue weighted by atomic mass is 79.9. The summed E-state index contributed by atoms with van der Waals surface area (Å²) in [5.74, 6) is 2.89. The van der Waals surface area contributed by atoms with Crippen molar-refractivity contribution in [2.45, 2.75) is 12.8 Å². The molecule has 0 saturated carbocycles. The fraction of sp³-hybridized carbons (Fsp3) is 0.188. The zero-order valence-electron chi connectivity index (χ0n) is 10.8. The number of benzene rings is 2. The molecule has 2 aromatic carbocycles. The van der Waals surface area contributed by atoms with Crippen molar-refractivity contribution in [1.82, 2.24) is 0 Å². The number of hydrogen-bond acceptors (Lipinski definition) is 3. The third-order valence-electron chi connectivity index (χ3n) is 3.60. The number of fused-ring (bicyclic) bond motifs is 2. The smallest absolute Gasteiger partial charge is 0.151 e. The number of rotatable bonds is 0. The van der Waals surface area contributed by atoms with Gasteiger partial charge in [-0.05, 0) is 36.8 Å². The van der Waals surface area contributed by atoms with E-state index < -0.39 is 0 Å². The van der Waals surface area contributed by atoms with Crippen LogP contribution in [0.15, 0.2) is 51.9 Å². The SMILES string of the molecule is Brc1ccc2c(c1)N(C1=NCCC1)c1ccccc1O2. The molecule has 0 spiro atoms. The summed E-state index contributed by atoms with van der Waals surface area (Å²) in [6.07, 6.45) is 2.14. The second-order valence-corrected chi connectivity index (χ2v) is 5.83. The molecule has 20 heavy (non-hydrogen) atoms. The molecule has 0 atom stereocenters. The van der Waals surface area contributed by atoms with Gasteiger partial charge in [0.2, 0.25) is 0 Å². The Bertz CT molecular complexity index is 711. The van der Waals surface area contributed by atoms with E-state index in [0.29, 0.717) is 0 Å². The molecule has 4 heteroatoms. The molecule has 100 valence electrons. The van der Waals surface area contributed by atoms with Crippen molar-refractivity contribution in [3.8, 4) is 11.5 Å². The molecule has 0 N–H and O–H groups in total. The lowest BCUT2D eigenvalue weighted by molar-refractivity contribution is 0.477. The van der Waals surface area contributed by atoms with Crippen LogP contribution >= 0.6 is 15.9 Å². The number of para-hydroxylation sites is 2. The van der Waals surface area contributed by atoms with Gasteiger partial charge in [-0.15, -0.1) is 0 Å². The van der Waals surface area contributed by atoms with Crippen molar-refractivity contribution < 1.29 is 4.74 Å². The minimum Gasteiger partial charge on any atom is -0.453 e. The highest BCUT2D eigenvalue weighted by Gasteiger charge is 2.28. The average Bonchev–Trinajstić information content (AvgIpc) is 2.98. The molecular formula is C16H13BrN2O. The first kappa shape index (κ1) is 12.0. The molecule has 2 aliphatic rings. The zero-order chi connectivity index (χ0) is 13.5. The minimum absolute atomic E-state index is 0.876. The van der Waals surface area contributed by atoms with Gasteiger partial charge < -0.3 is 4.74 Å². The molecule has 2 aromatic rings. The van der Waals surface area contributed by atoms with E-state index >= 15 is 0 Å². The number of anilines is 2. The molecule has 0 amide bonds. The maximum atomic E-state index is 6.00. The van der Waals surface area contributed by atoms with Crippen LogP contribution in [0, 0.1) is 0 Å². The van der Waals surface area contributed by atoms with Crippen LogP contribution in [0.2, 0.25) is 0 Å². The first-order valence-electron chi connectivity index (χ1n) is 6.73. The quantitative estimate of drug-likeness (QED) is 0.688. The molecule has 0 fully saturated rings. The number of hydrogen-bond donors (Lipinski definition) is 0. The molecule has 0 saturated heterocycles. The molecule has 0 aliphatic carbocycles. The lowest BCUT2D eigenvalue weighted by atomic mass is 10.1. The number of aliphatic imine (C=N–C) groups is 1. The largest absolute Gasteiger partial charge is 0.453 e. The minimum atomic E-state index is 0.876. The highest BCUT2D eigenvalue weighted by molar-refractivity contribution is 9.10. The van der Waals surface area contributed by atoms with E-state index in [1.54, 1.807) is 0 Å². The maximum absolute atomic E-state index is 6.00. The van der Waals surface area contributed by atoms with Crippen LogP contribution in [-0.2, 0) is 0 Å². The number of amidine groups is 1. The van der Waals surface area contributed by atoms with Gasteiger partial charge in [-0.2, -0.15) is 0 Å². The summed E-state index contributed by atoms with van der Waals surface area (Å²) in [7, 11) is 0. The Labute approximate surface area is 126 Å². The molecule has 0 radical (unpaired) electrons. The summed E-state index contributed by atoms with van der Waals surface area (Å²) in [4.78, 5) is 6.89. The lowest BCUT2D eigenvalue weighted by Gasteiger charge is -2.32. The number of ether oxygens (including phenoxy) is 1. The Hall–Kier alpha value is -1.81. The Kier molecular flexibility index (Phi) is 2.77. The van der Waals surface area contributed by atoms with Crippen molar-refractivity contribution in [3.05, 3.63) is 46.9 Å². The summed E-state index contributed by atoms with van der Waals surface area (Å²) in [6, 6.07) is 14.2. The number of nitrogens with zero attached hydrogens (tertiary/aromatic N) is 2. The third-order valence-corrected chi connectivity index (χ3v) is 4.09. The molecule has 0 bridgehead atoms. The molecule has 4 rings (SSSR count). The third kappa shape index (κ3) is 1.83. The van der Waals surface area contributed by atoms with Gasteiger partial charge in [-0.1, -0.05) is 28.1 Å². The predicted octanol–water partition coefficient (Wildman–Crippen LogP) is 4.89. The van der Waals surface area contributed by atoms with Crippen LogP contribution < -0.4 is 9.64 Å². The van der Waals surface area contributed by atoms with Gasteiger partial charge in [-0.3, -0.25) is 9.89 Å². The molecule has 2 heterocycles. The van der Waals surface area contributed by atoms with Gasteiger partial charge in [0.15, 0.2) is 11.5 Å². The summed E-state index contributed by atoms with van der Waals surface area (Å²) >= 11 is 3.54. The second kappa shape index (κ2) is 4.63. The fourth-order valence-electron chi connectivity index (χ4n) is 2.71. The summed E-state index contributed by atoms with van der Waals surface area (Å²) in [5.41, 5.74) is 2.12. The van der Waals surface area contributed by atoms with Crippen molar-refractivity contribution in [2.75, 3.05) is 11.4 Å². The van der Waals surface area contributed by atoms with E-state index in [2.05, 4.69) is 38.0 Å². The van der Waals surface area contributed by atoms with E-state index in [0.717, 1.165) is 52.6 Å². The Morgan fingerprint density at radius 1 is 1.05 bits per heavy atom. The van der Waals surface area contributed by atoms with Gasteiger partial charge in [-0.25, -0.2) is 0 Å². The van der Waals surface area contributed by atoms with E-state index in [4.69, 9.17) is 4.74 Å². The van der Waals surface area contributed by atoms with E-state index in [-0.39, 0.29) is 0 Å². The van der Waals surface area contributed by atoms with Crippen LogP contribution in [0.5, 0.6) is 11.5 Å². The monoisotopic (exact) mass is 328 g/mol. The molecule has 3 nitrogen and oxygen atoms in total. The molecule has 2 aliphatic heterocycles. The van der Waals surface area contributed by atoms with Crippen LogP contribution in [0.1, 0.15) is 12.8 Å². The molecule has 0 unspecified atom stereocenters. The zero-order valence-corrected chi connectivity index (χ0v) is 12.4. The first-order valence-corrected chi connectivity index (χ1v) is 7.52. The number of halogens is 1. The first-order chi connectivity index (χ1) is 9.83. The van der Waals surface area contributed by atoms with E-state index in [1.165, 1.54) is 0 Å². The Morgan fingerprint density at radius 3 is 2.75 bits per heavy atom. The molecule has 0 aromatic heterocycles. The highest BCUT2D eigenvalue weighted by Crippen LogP contribution is 2.48. The van der Waals surface area contributed by atoms with Crippen LogP contribution in [0.25, 0.3) is 0 Å². The van der Waals surface area contributed by atoms with Gasteiger partial charge in [0, 0.05) is 17.4 Å². The summed E-state index contributed by atoms with van der Waals surface area (Å²) < 4.78 is 7.05.